The minimum atomic E-state index is -0.187. The Morgan fingerprint density at radius 1 is 1.18 bits per heavy atom. The van der Waals surface area contributed by atoms with Crippen molar-refractivity contribution in [2.45, 2.75) is 12.8 Å². The van der Waals surface area contributed by atoms with Crippen molar-refractivity contribution in [3.8, 4) is 0 Å². The third-order valence-corrected chi connectivity index (χ3v) is 2.75. The zero-order chi connectivity index (χ0) is 12.3. The van der Waals surface area contributed by atoms with Crippen LogP contribution >= 0.6 is 0 Å². The molecule has 2 rings (SSSR count). The number of carbonyl (C=O) groups excluding carboxylic acids is 2. The van der Waals surface area contributed by atoms with E-state index in [0.717, 1.165) is 12.8 Å². The van der Waals surface area contributed by atoms with Crippen LogP contribution in [0.25, 0.3) is 0 Å². The van der Waals surface area contributed by atoms with E-state index in [1.54, 1.807) is 30.3 Å². The van der Waals surface area contributed by atoms with E-state index in [0.29, 0.717) is 17.7 Å². The minimum absolute atomic E-state index is 0.187. The summed E-state index contributed by atoms with van der Waals surface area (Å²) in [6, 6.07) is 6.93. The Bertz CT molecular complexity index is 478. The van der Waals surface area contributed by atoms with E-state index in [9.17, 15) is 9.59 Å². The molecule has 86 valence electrons. The van der Waals surface area contributed by atoms with E-state index in [1.807, 2.05) is 0 Å². The average Bonchev–Trinajstić information content (AvgIpc) is 2.60. The summed E-state index contributed by atoms with van der Waals surface area (Å²) >= 11 is 0. The molecule has 0 unspecified atom stereocenters. The lowest BCUT2D eigenvalue weighted by molar-refractivity contribution is 0.0653. The van der Waals surface area contributed by atoms with Crippen molar-refractivity contribution in [2.75, 3.05) is 6.54 Å². The van der Waals surface area contributed by atoms with Crippen molar-refractivity contribution in [1.82, 2.24) is 4.90 Å². The van der Waals surface area contributed by atoms with Crippen LogP contribution in [0.15, 0.2) is 42.7 Å². The number of benzene rings is 1. The van der Waals surface area contributed by atoms with Crippen molar-refractivity contribution in [3.63, 3.8) is 0 Å². The molecule has 1 aliphatic rings. The van der Waals surface area contributed by atoms with Crippen molar-refractivity contribution in [2.24, 2.45) is 0 Å². The van der Waals surface area contributed by atoms with Crippen LogP contribution in [0.1, 0.15) is 33.6 Å². The first-order valence-corrected chi connectivity index (χ1v) is 5.55. The van der Waals surface area contributed by atoms with Gasteiger partial charge >= 0.3 is 0 Å². The van der Waals surface area contributed by atoms with E-state index in [-0.39, 0.29) is 11.8 Å². The molecule has 0 radical (unpaired) electrons. The molecule has 0 bridgehead atoms. The van der Waals surface area contributed by atoms with Gasteiger partial charge in [-0.2, -0.15) is 0 Å². The van der Waals surface area contributed by atoms with Crippen LogP contribution in [0.4, 0.5) is 0 Å². The maximum absolute atomic E-state index is 11.9. The summed E-state index contributed by atoms with van der Waals surface area (Å²) in [6.07, 6.45) is 3.32. The van der Waals surface area contributed by atoms with E-state index in [2.05, 4.69) is 12.3 Å². The summed E-state index contributed by atoms with van der Waals surface area (Å²) in [5.74, 6) is -0.374. The Hall–Kier alpha value is -2.12. The average molecular weight is 227 g/mol. The second kappa shape index (κ2) is 4.81. The summed E-state index contributed by atoms with van der Waals surface area (Å²) in [5, 5.41) is 0. The largest absolute Gasteiger partial charge is 0.274 e. The normalized spacial score (nSPS) is 13.5. The molecule has 1 aromatic carbocycles. The fraction of sp³-hybridized carbons (Fsp3) is 0.214. The molecule has 0 N–H and O–H groups in total. The van der Waals surface area contributed by atoms with Gasteiger partial charge in [0.15, 0.2) is 0 Å². The molecule has 1 aromatic rings. The number of unbranched alkanes of at least 4 members (excludes halogenated alkanes) is 1. The first-order chi connectivity index (χ1) is 8.25. The van der Waals surface area contributed by atoms with E-state index >= 15 is 0 Å². The number of hydrogen-bond acceptors (Lipinski definition) is 2. The monoisotopic (exact) mass is 227 g/mol. The first-order valence-electron chi connectivity index (χ1n) is 5.55. The molecule has 0 atom stereocenters. The molecule has 0 aliphatic carbocycles. The topological polar surface area (TPSA) is 37.4 Å². The van der Waals surface area contributed by atoms with Crippen LogP contribution in [0.3, 0.4) is 0 Å². The third kappa shape index (κ3) is 2.05. The van der Waals surface area contributed by atoms with Crippen molar-refractivity contribution in [1.29, 1.82) is 0 Å². The van der Waals surface area contributed by atoms with E-state index in [1.165, 1.54) is 4.90 Å². The molecule has 17 heavy (non-hydrogen) atoms. The van der Waals surface area contributed by atoms with Crippen LogP contribution < -0.4 is 0 Å². The van der Waals surface area contributed by atoms with Crippen LogP contribution in [0.5, 0.6) is 0 Å². The van der Waals surface area contributed by atoms with Gasteiger partial charge in [-0.05, 0) is 31.1 Å². The summed E-state index contributed by atoms with van der Waals surface area (Å²) in [6.45, 7) is 3.91. The molecule has 2 amide bonds. The second-order valence-corrected chi connectivity index (χ2v) is 3.86. The molecule has 0 saturated carbocycles. The quantitative estimate of drug-likeness (QED) is 0.450. The van der Waals surface area contributed by atoms with E-state index < -0.39 is 0 Å². The van der Waals surface area contributed by atoms with Gasteiger partial charge in [0, 0.05) is 6.54 Å². The highest BCUT2D eigenvalue weighted by molar-refractivity contribution is 6.21. The molecular weight excluding hydrogens is 214 g/mol. The van der Waals surface area contributed by atoms with Gasteiger partial charge in [-0.1, -0.05) is 18.7 Å². The molecule has 1 aliphatic heterocycles. The second-order valence-electron chi connectivity index (χ2n) is 3.86. The molecule has 1 heterocycles. The summed E-state index contributed by atoms with van der Waals surface area (Å²) < 4.78 is 0. The number of imide groups is 1. The van der Waals surface area contributed by atoms with Crippen molar-refractivity contribution < 1.29 is 9.59 Å². The highest BCUT2D eigenvalue weighted by Crippen LogP contribution is 2.22. The highest BCUT2D eigenvalue weighted by Gasteiger charge is 2.34. The summed E-state index contributed by atoms with van der Waals surface area (Å²) in [5.41, 5.74) is 3.69. The van der Waals surface area contributed by atoms with E-state index in [4.69, 9.17) is 0 Å². The molecule has 3 heteroatoms. The van der Waals surface area contributed by atoms with Gasteiger partial charge in [0.05, 0.1) is 11.1 Å². The van der Waals surface area contributed by atoms with Gasteiger partial charge in [0.2, 0.25) is 0 Å². The molecule has 3 nitrogen and oxygen atoms in total. The standard InChI is InChI=1S/C14H13NO2/c1-2-3-4-7-10-15-13(16)11-8-5-6-9-12(11)14(15)17/h3,5-6,8-9H,1,4,7,10H2. The Morgan fingerprint density at radius 2 is 1.76 bits per heavy atom. The number of fused-ring (bicyclic) bond motifs is 1. The zero-order valence-electron chi connectivity index (χ0n) is 9.48. The predicted molar refractivity (Wildman–Crippen MR) is 64.8 cm³/mol. The summed E-state index contributed by atoms with van der Waals surface area (Å²) in [4.78, 5) is 25.2. The molecule has 0 saturated heterocycles. The van der Waals surface area contributed by atoms with Crippen LogP contribution in [-0.2, 0) is 0 Å². The Morgan fingerprint density at radius 3 is 2.29 bits per heavy atom. The fourth-order valence-corrected chi connectivity index (χ4v) is 1.90. The van der Waals surface area contributed by atoms with Crippen molar-refractivity contribution in [3.05, 3.63) is 53.8 Å². The van der Waals surface area contributed by atoms with Crippen LogP contribution in [0, 0.1) is 0 Å². The molecular formula is C14H13NO2. The lowest BCUT2D eigenvalue weighted by atomic mass is 10.1. The summed E-state index contributed by atoms with van der Waals surface area (Å²) in [7, 11) is 0. The third-order valence-electron chi connectivity index (χ3n) is 2.75. The molecule has 0 spiro atoms. The molecule has 0 fully saturated rings. The number of amides is 2. The smallest absolute Gasteiger partial charge is 0.261 e. The molecule has 0 aromatic heterocycles. The Kier molecular flexibility index (Phi) is 3.22. The number of hydrogen-bond donors (Lipinski definition) is 0. The predicted octanol–water partition coefficient (Wildman–Crippen LogP) is 2.40. The van der Waals surface area contributed by atoms with Crippen LogP contribution in [0.2, 0.25) is 0 Å². The van der Waals surface area contributed by atoms with Crippen LogP contribution in [-0.4, -0.2) is 23.3 Å². The minimum Gasteiger partial charge on any atom is -0.274 e. The lowest BCUT2D eigenvalue weighted by Gasteiger charge is -2.12. The van der Waals surface area contributed by atoms with Gasteiger partial charge in [-0.3, -0.25) is 14.5 Å². The SMILES string of the molecule is C=C=CCCCN1C(=O)c2ccccc2C1=O. The number of allylic oxidation sites excluding steroid dienone is 1. The number of nitrogens with zero attached hydrogens (tertiary/aromatic N) is 1. The van der Waals surface area contributed by atoms with Gasteiger partial charge in [-0.15, -0.1) is 5.73 Å². The maximum atomic E-state index is 11.9. The number of rotatable bonds is 4. The fourth-order valence-electron chi connectivity index (χ4n) is 1.90. The zero-order valence-corrected chi connectivity index (χ0v) is 9.48. The first kappa shape index (κ1) is 11.4. The van der Waals surface area contributed by atoms with Gasteiger partial charge in [-0.25, -0.2) is 0 Å². The van der Waals surface area contributed by atoms with Gasteiger partial charge in [0.25, 0.3) is 11.8 Å². The van der Waals surface area contributed by atoms with Gasteiger partial charge in [0.1, 0.15) is 0 Å². The highest BCUT2D eigenvalue weighted by atomic mass is 16.2. The maximum Gasteiger partial charge on any atom is 0.261 e. The lowest BCUT2D eigenvalue weighted by Crippen LogP contribution is -2.30. The van der Waals surface area contributed by atoms with Gasteiger partial charge < -0.3 is 0 Å². The van der Waals surface area contributed by atoms with Crippen molar-refractivity contribution >= 4 is 11.8 Å². The number of carbonyl (C=O) groups is 2. The Labute approximate surface area is 100 Å². The Balaban J connectivity index is 2.10.